The minimum atomic E-state index is -0.380. The van der Waals surface area contributed by atoms with Crippen molar-refractivity contribution >= 4 is 17.7 Å². The fourth-order valence-electron chi connectivity index (χ4n) is 3.16. The predicted molar refractivity (Wildman–Crippen MR) is 103 cm³/mol. The molecule has 0 spiro atoms. The van der Waals surface area contributed by atoms with Gasteiger partial charge in [0.1, 0.15) is 11.9 Å². The van der Waals surface area contributed by atoms with E-state index < -0.39 is 0 Å². The van der Waals surface area contributed by atoms with Crippen molar-refractivity contribution in [2.45, 2.75) is 26.4 Å². The lowest BCUT2D eigenvalue weighted by Crippen LogP contribution is -2.35. The van der Waals surface area contributed by atoms with E-state index in [2.05, 4.69) is 11.4 Å². The standard InChI is InChI=1S/C21H24N2O4/c1-14-8-15(2)10-17(9-14)23-13-19(27-21(23)25)12-22-20(24)11-16-4-6-18(26-3)7-5-16/h4-10,19H,11-13H2,1-3H3,(H,22,24). The Labute approximate surface area is 159 Å². The van der Waals surface area contributed by atoms with Gasteiger partial charge in [-0.05, 0) is 54.8 Å². The number of carbonyl (C=O) groups is 2. The van der Waals surface area contributed by atoms with Gasteiger partial charge < -0.3 is 14.8 Å². The number of rotatable bonds is 6. The van der Waals surface area contributed by atoms with E-state index in [1.165, 1.54) is 0 Å². The number of cyclic esters (lactones) is 1. The third-order valence-electron chi connectivity index (χ3n) is 4.44. The van der Waals surface area contributed by atoms with Crippen molar-refractivity contribution in [2.24, 2.45) is 0 Å². The van der Waals surface area contributed by atoms with Crippen molar-refractivity contribution in [2.75, 3.05) is 25.1 Å². The lowest BCUT2D eigenvalue weighted by molar-refractivity contribution is -0.120. The van der Waals surface area contributed by atoms with Crippen LogP contribution in [0.3, 0.4) is 0 Å². The van der Waals surface area contributed by atoms with E-state index in [1.54, 1.807) is 12.0 Å². The quantitative estimate of drug-likeness (QED) is 0.851. The summed E-state index contributed by atoms with van der Waals surface area (Å²) in [7, 11) is 1.60. The number of carbonyl (C=O) groups excluding carboxylic acids is 2. The van der Waals surface area contributed by atoms with E-state index in [9.17, 15) is 9.59 Å². The fourth-order valence-corrected chi connectivity index (χ4v) is 3.16. The number of methoxy groups -OCH3 is 1. The molecule has 2 amide bonds. The van der Waals surface area contributed by atoms with Gasteiger partial charge in [0.25, 0.3) is 0 Å². The molecule has 1 fully saturated rings. The van der Waals surface area contributed by atoms with Gasteiger partial charge >= 0.3 is 6.09 Å². The molecular formula is C21H24N2O4. The van der Waals surface area contributed by atoms with Gasteiger partial charge in [-0.25, -0.2) is 4.79 Å². The second-order valence-corrected chi connectivity index (χ2v) is 6.79. The molecule has 1 aliphatic rings. The molecule has 2 aromatic carbocycles. The molecule has 0 bridgehead atoms. The summed E-state index contributed by atoms with van der Waals surface area (Å²) in [5.41, 5.74) is 3.90. The van der Waals surface area contributed by atoms with Crippen LogP contribution in [-0.4, -0.2) is 38.3 Å². The molecule has 0 aliphatic carbocycles. The third kappa shape index (κ3) is 4.78. The van der Waals surface area contributed by atoms with E-state index in [4.69, 9.17) is 9.47 Å². The van der Waals surface area contributed by atoms with Crippen molar-refractivity contribution in [3.63, 3.8) is 0 Å². The van der Waals surface area contributed by atoms with Crippen molar-refractivity contribution in [1.82, 2.24) is 5.32 Å². The first-order chi connectivity index (χ1) is 12.9. The molecule has 6 heteroatoms. The number of nitrogens with zero attached hydrogens (tertiary/aromatic N) is 1. The predicted octanol–water partition coefficient (Wildman–Crippen LogP) is 3.00. The fraction of sp³-hybridized carbons (Fsp3) is 0.333. The van der Waals surface area contributed by atoms with Crippen LogP contribution in [-0.2, 0) is 16.0 Å². The maximum Gasteiger partial charge on any atom is 0.414 e. The van der Waals surface area contributed by atoms with Crippen LogP contribution in [0.4, 0.5) is 10.5 Å². The lowest BCUT2D eigenvalue weighted by atomic mass is 10.1. The molecule has 6 nitrogen and oxygen atoms in total. The largest absolute Gasteiger partial charge is 0.497 e. The van der Waals surface area contributed by atoms with Gasteiger partial charge in [0, 0.05) is 5.69 Å². The highest BCUT2D eigenvalue weighted by atomic mass is 16.6. The first-order valence-electron chi connectivity index (χ1n) is 8.90. The number of amides is 2. The number of hydrogen-bond donors (Lipinski definition) is 1. The summed E-state index contributed by atoms with van der Waals surface area (Å²) in [6.45, 7) is 4.70. The maximum absolute atomic E-state index is 12.2. The summed E-state index contributed by atoms with van der Waals surface area (Å²) in [6.07, 6.45) is -0.474. The molecular weight excluding hydrogens is 344 g/mol. The SMILES string of the molecule is COc1ccc(CC(=O)NCC2CN(c3cc(C)cc(C)c3)C(=O)O2)cc1. The highest BCUT2D eigenvalue weighted by Gasteiger charge is 2.32. The van der Waals surface area contributed by atoms with E-state index in [0.717, 1.165) is 28.1 Å². The monoisotopic (exact) mass is 368 g/mol. The number of ether oxygens (including phenoxy) is 2. The Hall–Kier alpha value is -3.02. The first-order valence-corrected chi connectivity index (χ1v) is 8.90. The summed E-state index contributed by atoms with van der Waals surface area (Å²) >= 11 is 0. The number of aryl methyl sites for hydroxylation is 2. The first kappa shape index (κ1) is 18.8. The molecule has 2 aromatic rings. The topological polar surface area (TPSA) is 67.9 Å². The Morgan fingerprint density at radius 1 is 1.19 bits per heavy atom. The van der Waals surface area contributed by atoms with Gasteiger partial charge in [-0.15, -0.1) is 0 Å². The second kappa shape index (κ2) is 8.12. The Balaban J connectivity index is 1.52. The van der Waals surface area contributed by atoms with E-state index >= 15 is 0 Å². The highest BCUT2D eigenvalue weighted by molar-refractivity contribution is 5.90. The Kier molecular flexibility index (Phi) is 5.64. The van der Waals surface area contributed by atoms with E-state index in [0.29, 0.717) is 13.1 Å². The van der Waals surface area contributed by atoms with Crippen LogP contribution in [0.1, 0.15) is 16.7 Å². The average Bonchev–Trinajstić information content (AvgIpc) is 3.01. The summed E-state index contributed by atoms with van der Waals surface area (Å²) in [5.74, 6) is 0.643. The lowest BCUT2D eigenvalue weighted by Gasteiger charge is -2.14. The van der Waals surface area contributed by atoms with Crippen LogP contribution in [0.25, 0.3) is 0 Å². The van der Waals surface area contributed by atoms with Crippen molar-refractivity contribution in [3.8, 4) is 5.75 Å². The minimum absolute atomic E-state index is 0.110. The van der Waals surface area contributed by atoms with Crippen LogP contribution in [0.15, 0.2) is 42.5 Å². The molecule has 142 valence electrons. The van der Waals surface area contributed by atoms with Crippen LogP contribution < -0.4 is 15.0 Å². The number of hydrogen-bond acceptors (Lipinski definition) is 4. The molecule has 0 radical (unpaired) electrons. The molecule has 1 unspecified atom stereocenters. The van der Waals surface area contributed by atoms with Gasteiger partial charge in [0.2, 0.25) is 5.91 Å². The molecule has 0 aromatic heterocycles. The van der Waals surface area contributed by atoms with Gasteiger partial charge in [-0.3, -0.25) is 9.69 Å². The summed E-state index contributed by atoms with van der Waals surface area (Å²) in [6, 6.07) is 13.3. The molecule has 1 aliphatic heterocycles. The zero-order valence-corrected chi connectivity index (χ0v) is 15.8. The molecule has 1 saturated heterocycles. The smallest absolute Gasteiger partial charge is 0.414 e. The Bertz CT molecular complexity index is 812. The summed E-state index contributed by atoms with van der Waals surface area (Å²) in [5, 5.41) is 2.84. The zero-order chi connectivity index (χ0) is 19.4. The Morgan fingerprint density at radius 3 is 2.48 bits per heavy atom. The number of benzene rings is 2. The van der Waals surface area contributed by atoms with Crippen molar-refractivity contribution in [3.05, 3.63) is 59.2 Å². The van der Waals surface area contributed by atoms with Crippen LogP contribution in [0, 0.1) is 13.8 Å². The van der Waals surface area contributed by atoms with Gasteiger partial charge in [0.15, 0.2) is 0 Å². The molecule has 1 heterocycles. The van der Waals surface area contributed by atoms with Crippen molar-refractivity contribution < 1.29 is 19.1 Å². The highest BCUT2D eigenvalue weighted by Crippen LogP contribution is 2.24. The van der Waals surface area contributed by atoms with Gasteiger partial charge in [-0.1, -0.05) is 18.2 Å². The van der Waals surface area contributed by atoms with Gasteiger partial charge in [-0.2, -0.15) is 0 Å². The van der Waals surface area contributed by atoms with Crippen LogP contribution in [0.5, 0.6) is 5.75 Å². The molecule has 1 N–H and O–H groups in total. The summed E-state index contributed by atoms with van der Waals surface area (Å²) in [4.78, 5) is 25.9. The molecule has 27 heavy (non-hydrogen) atoms. The molecule has 1 atom stereocenters. The normalized spacial score (nSPS) is 16.2. The van der Waals surface area contributed by atoms with Gasteiger partial charge in [0.05, 0.1) is 26.6 Å². The zero-order valence-electron chi connectivity index (χ0n) is 15.8. The van der Waals surface area contributed by atoms with Crippen molar-refractivity contribution in [1.29, 1.82) is 0 Å². The van der Waals surface area contributed by atoms with E-state index in [1.807, 2.05) is 50.2 Å². The molecule has 0 saturated carbocycles. The maximum atomic E-state index is 12.2. The number of anilines is 1. The van der Waals surface area contributed by atoms with Crippen LogP contribution >= 0.6 is 0 Å². The second-order valence-electron chi connectivity index (χ2n) is 6.79. The minimum Gasteiger partial charge on any atom is -0.497 e. The summed E-state index contributed by atoms with van der Waals surface area (Å²) < 4.78 is 10.5. The van der Waals surface area contributed by atoms with Crippen LogP contribution in [0.2, 0.25) is 0 Å². The number of nitrogens with one attached hydrogen (secondary N) is 1. The Morgan fingerprint density at radius 2 is 1.85 bits per heavy atom. The molecule has 3 rings (SSSR count). The third-order valence-corrected chi connectivity index (χ3v) is 4.44. The average molecular weight is 368 g/mol. The van der Waals surface area contributed by atoms with E-state index in [-0.39, 0.29) is 24.5 Å².